The number of rotatable bonds is 4. The molecular weight excluding hydrogens is 258 g/mol. The van der Waals surface area contributed by atoms with Gasteiger partial charge in [0.1, 0.15) is 0 Å². The van der Waals surface area contributed by atoms with Gasteiger partial charge in [0, 0.05) is 25.7 Å². The molecule has 114 valence electrons. The Balaban J connectivity index is 1.77. The summed E-state index contributed by atoms with van der Waals surface area (Å²) >= 11 is 0. The molecular formula is C14H25N3O3. The average molecular weight is 283 g/mol. The molecule has 0 aliphatic carbocycles. The second-order valence-electron chi connectivity index (χ2n) is 6.32. The number of nitrogens with zero attached hydrogens (tertiary/aromatic N) is 2. The van der Waals surface area contributed by atoms with E-state index in [1.54, 1.807) is 11.8 Å². The van der Waals surface area contributed by atoms with E-state index in [0.29, 0.717) is 32.1 Å². The predicted molar refractivity (Wildman–Crippen MR) is 75.6 cm³/mol. The van der Waals surface area contributed by atoms with E-state index in [2.05, 4.69) is 17.1 Å². The normalized spacial score (nSPS) is 28.6. The summed E-state index contributed by atoms with van der Waals surface area (Å²) in [6.07, 6.45) is 3.00. The molecule has 0 aromatic heterocycles. The molecule has 0 aromatic carbocycles. The smallest absolute Gasteiger partial charge is 0.317 e. The lowest BCUT2D eigenvalue weighted by Crippen LogP contribution is -2.46. The minimum atomic E-state index is -0.821. The van der Waals surface area contributed by atoms with Crippen LogP contribution in [0.3, 0.4) is 0 Å². The molecule has 2 heterocycles. The third-order valence-electron chi connectivity index (χ3n) is 4.59. The van der Waals surface area contributed by atoms with Crippen LogP contribution in [0.15, 0.2) is 0 Å². The molecule has 20 heavy (non-hydrogen) atoms. The molecule has 2 amide bonds. The van der Waals surface area contributed by atoms with Gasteiger partial charge in [-0.1, -0.05) is 0 Å². The van der Waals surface area contributed by atoms with Crippen LogP contribution in [-0.4, -0.2) is 65.7 Å². The summed E-state index contributed by atoms with van der Waals surface area (Å²) in [5, 5.41) is 12.1. The van der Waals surface area contributed by atoms with Crippen molar-refractivity contribution >= 4 is 12.0 Å². The van der Waals surface area contributed by atoms with E-state index in [1.807, 2.05) is 0 Å². The van der Waals surface area contributed by atoms with E-state index < -0.39 is 11.4 Å². The van der Waals surface area contributed by atoms with Gasteiger partial charge in [-0.2, -0.15) is 0 Å². The highest BCUT2D eigenvalue weighted by Crippen LogP contribution is 2.29. The summed E-state index contributed by atoms with van der Waals surface area (Å²) in [5.41, 5.74) is -0.794. The summed E-state index contributed by atoms with van der Waals surface area (Å²) in [7, 11) is 0. The average Bonchev–Trinajstić information content (AvgIpc) is 3.05. The quantitative estimate of drug-likeness (QED) is 0.806. The lowest BCUT2D eigenvalue weighted by atomic mass is 9.90. The first kappa shape index (κ1) is 15.1. The van der Waals surface area contributed by atoms with Gasteiger partial charge in [-0.15, -0.1) is 0 Å². The molecule has 2 atom stereocenters. The minimum absolute atomic E-state index is 0.138. The van der Waals surface area contributed by atoms with Crippen LogP contribution in [0.2, 0.25) is 0 Å². The molecule has 6 nitrogen and oxygen atoms in total. The van der Waals surface area contributed by atoms with Crippen LogP contribution in [0.5, 0.6) is 0 Å². The molecule has 2 rings (SSSR count). The number of amides is 2. The summed E-state index contributed by atoms with van der Waals surface area (Å²) in [4.78, 5) is 27.2. The molecule has 0 aromatic rings. The zero-order chi connectivity index (χ0) is 14.8. The molecule has 0 saturated carbocycles. The molecule has 2 unspecified atom stereocenters. The van der Waals surface area contributed by atoms with Crippen molar-refractivity contribution in [1.29, 1.82) is 0 Å². The third-order valence-corrected chi connectivity index (χ3v) is 4.59. The number of urea groups is 1. The van der Waals surface area contributed by atoms with Gasteiger partial charge in [-0.05, 0) is 46.2 Å². The van der Waals surface area contributed by atoms with E-state index in [1.165, 1.54) is 12.8 Å². The van der Waals surface area contributed by atoms with Gasteiger partial charge in [-0.3, -0.25) is 9.69 Å². The van der Waals surface area contributed by atoms with E-state index in [-0.39, 0.29) is 6.03 Å². The number of hydrogen-bond donors (Lipinski definition) is 2. The SMILES string of the molecule is CC(CNC(=O)N1CCC(C)(C(=O)O)C1)N1CCCC1. The Hall–Kier alpha value is -1.30. The molecule has 6 heteroatoms. The Morgan fingerprint density at radius 3 is 2.50 bits per heavy atom. The largest absolute Gasteiger partial charge is 0.481 e. The maximum atomic E-state index is 12.1. The number of likely N-dealkylation sites (tertiary alicyclic amines) is 2. The van der Waals surface area contributed by atoms with E-state index >= 15 is 0 Å². The van der Waals surface area contributed by atoms with Gasteiger partial charge in [0.2, 0.25) is 0 Å². The molecule has 0 spiro atoms. The monoisotopic (exact) mass is 283 g/mol. The van der Waals surface area contributed by atoms with Crippen molar-refractivity contribution in [2.75, 3.05) is 32.7 Å². The number of hydrogen-bond acceptors (Lipinski definition) is 3. The number of nitrogens with one attached hydrogen (secondary N) is 1. The van der Waals surface area contributed by atoms with Crippen molar-refractivity contribution in [3.63, 3.8) is 0 Å². The number of aliphatic carboxylic acids is 1. The van der Waals surface area contributed by atoms with E-state index in [0.717, 1.165) is 13.1 Å². The molecule has 0 radical (unpaired) electrons. The highest BCUT2D eigenvalue weighted by molar-refractivity contribution is 5.79. The van der Waals surface area contributed by atoms with E-state index in [9.17, 15) is 9.59 Å². The Bertz CT molecular complexity index is 382. The first-order valence-corrected chi connectivity index (χ1v) is 7.42. The summed E-state index contributed by atoms with van der Waals surface area (Å²) in [6.45, 7) is 7.49. The topological polar surface area (TPSA) is 72.9 Å². The third kappa shape index (κ3) is 3.23. The Kier molecular flexibility index (Phi) is 4.52. The standard InChI is InChI=1S/C14H25N3O3/c1-11(16-6-3-4-7-16)9-15-13(20)17-8-5-14(2,10-17)12(18)19/h11H,3-10H2,1-2H3,(H,15,20)(H,18,19). The van der Waals surface area contributed by atoms with Crippen LogP contribution < -0.4 is 5.32 Å². The van der Waals surface area contributed by atoms with Crippen molar-refractivity contribution in [2.24, 2.45) is 5.41 Å². The molecule has 0 bridgehead atoms. The fraction of sp³-hybridized carbons (Fsp3) is 0.857. The first-order chi connectivity index (χ1) is 9.42. The Labute approximate surface area is 120 Å². The van der Waals surface area contributed by atoms with Gasteiger partial charge < -0.3 is 15.3 Å². The number of carbonyl (C=O) groups is 2. The van der Waals surface area contributed by atoms with Crippen molar-refractivity contribution in [3.8, 4) is 0 Å². The lowest BCUT2D eigenvalue weighted by molar-refractivity contribution is -0.146. The van der Waals surface area contributed by atoms with Crippen LogP contribution in [0.1, 0.15) is 33.1 Å². The van der Waals surface area contributed by atoms with Crippen LogP contribution in [-0.2, 0) is 4.79 Å². The van der Waals surface area contributed by atoms with Gasteiger partial charge in [-0.25, -0.2) is 4.79 Å². The zero-order valence-corrected chi connectivity index (χ0v) is 12.4. The van der Waals surface area contributed by atoms with Crippen LogP contribution in [0.25, 0.3) is 0 Å². The molecule has 2 saturated heterocycles. The lowest BCUT2D eigenvalue weighted by Gasteiger charge is -2.26. The highest BCUT2D eigenvalue weighted by atomic mass is 16.4. The van der Waals surface area contributed by atoms with Gasteiger partial charge in [0.05, 0.1) is 5.41 Å². The second-order valence-corrected chi connectivity index (χ2v) is 6.32. The van der Waals surface area contributed by atoms with Crippen molar-refractivity contribution in [2.45, 2.75) is 39.2 Å². The molecule has 2 aliphatic heterocycles. The molecule has 2 N–H and O–H groups in total. The number of carbonyl (C=O) groups excluding carboxylic acids is 1. The Morgan fingerprint density at radius 2 is 1.95 bits per heavy atom. The van der Waals surface area contributed by atoms with E-state index in [4.69, 9.17) is 5.11 Å². The first-order valence-electron chi connectivity index (χ1n) is 7.42. The van der Waals surface area contributed by atoms with Crippen molar-refractivity contribution < 1.29 is 14.7 Å². The number of carboxylic acid groups (broad SMARTS) is 1. The maximum absolute atomic E-state index is 12.1. The molecule has 2 aliphatic rings. The van der Waals surface area contributed by atoms with Gasteiger partial charge >= 0.3 is 12.0 Å². The Morgan fingerprint density at radius 1 is 1.30 bits per heavy atom. The highest BCUT2D eigenvalue weighted by Gasteiger charge is 2.42. The predicted octanol–water partition coefficient (Wildman–Crippen LogP) is 0.977. The fourth-order valence-electron chi connectivity index (χ4n) is 2.97. The second kappa shape index (κ2) is 5.99. The number of carboxylic acids is 1. The van der Waals surface area contributed by atoms with Crippen LogP contribution in [0.4, 0.5) is 4.79 Å². The van der Waals surface area contributed by atoms with Gasteiger partial charge in [0.15, 0.2) is 0 Å². The van der Waals surface area contributed by atoms with Crippen molar-refractivity contribution in [1.82, 2.24) is 15.1 Å². The minimum Gasteiger partial charge on any atom is -0.481 e. The summed E-state index contributed by atoms with van der Waals surface area (Å²) in [6, 6.07) is 0.205. The zero-order valence-electron chi connectivity index (χ0n) is 12.4. The summed E-state index contributed by atoms with van der Waals surface area (Å²) in [5.74, 6) is -0.821. The van der Waals surface area contributed by atoms with Crippen molar-refractivity contribution in [3.05, 3.63) is 0 Å². The summed E-state index contributed by atoms with van der Waals surface area (Å²) < 4.78 is 0. The maximum Gasteiger partial charge on any atom is 0.317 e. The van der Waals surface area contributed by atoms with Gasteiger partial charge in [0.25, 0.3) is 0 Å². The fourth-order valence-corrected chi connectivity index (χ4v) is 2.97. The van der Waals surface area contributed by atoms with Crippen LogP contribution >= 0.6 is 0 Å². The molecule has 2 fully saturated rings. The van der Waals surface area contributed by atoms with Crippen LogP contribution in [0, 0.1) is 5.41 Å².